The zero-order chi connectivity index (χ0) is 36.5. The Balaban J connectivity index is 0.000000305. The number of rotatable bonds is 12. The molecule has 0 spiro atoms. The number of aromatic nitrogens is 3. The number of hydrazine groups is 1. The van der Waals surface area contributed by atoms with Gasteiger partial charge in [-0.3, -0.25) is 9.80 Å². The van der Waals surface area contributed by atoms with Gasteiger partial charge in [0, 0.05) is 30.9 Å². The molecule has 3 aromatic carbocycles. The first-order valence-corrected chi connectivity index (χ1v) is 15.3. The summed E-state index contributed by atoms with van der Waals surface area (Å²) >= 11 is 0. The van der Waals surface area contributed by atoms with Gasteiger partial charge in [0.2, 0.25) is 0 Å². The average molecular weight is 674 g/mol. The lowest BCUT2D eigenvalue weighted by Gasteiger charge is -2.25. The van der Waals surface area contributed by atoms with Crippen molar-refractivity contribution < 1.29 is 28.5 Å². The van der Waals surface area contributed by atoms with Crippen molar-refractivity contribution in [2.45, 2.75) is 40.0 Å². The molecule has 4 rings (SSSR count). The third kappa shape index (κ3) is 9.02. The maximum absolute atomic E-state index is 10.8. The van der Waals surface area contributed by atoms with Gasteiger partial charge in [-0.15, -0.1) is 5.10 Å². The van der Waals surface area contributed by atoms with Gasteiger partial charge in [-0.2, -0.15) is 0 Å². The molecule has 0 atom stereocenters. The zero-order valence-corrected chi connectivity index (χ0v) is 29.9. The van der Waals surface area contributed by atoms with Crippen LogP contribution in [0.1, 0.15) is 49.4 Å². The number of nitrogens with zero attached hydrogens (tertiary/aromatic N) is 4. The van der Waals surface area contributed by atoms with Crippen LogP contribution in [0.3, 0.4) is 0 Å². The number of nitrogens with one attached hydrogen (secondary N) is 1. The van der Waals surface area contributed by atoms with Crippen molar-refractivity contribution in [1.29, 1.82) is 0 Å². The number of benzene rings is 3. The van der Waals surface area contributed by atoms with Crippen LogP contribution in [0, 0.1) is 6.92 Å². The van der Waals surface area contributed by atoms with E-state index in [0.717, 1.165) is 11.3 Å². The first-order chi connectivity index (χ1) is 23.2. The number of methoxy groups -OCH3 is 4. The molecule has 4 aromatic rings. The molecular formula is C36H47N7O6. The lowest BCUT2D eigenvalue weighted by molar-refractivity contribution is 0.111. The van der Waals surface area contributed by atoms with Crippen LogP contribution in [0.4, 0.5) is 11.4 Å². The Morgan fingerprint density at radius 3 is 2.06 bits per heavy atom. The number of anilines is 2. The van der Waals surface area contributed by atoms with Crippen LogP contribution in [-0.2, 0) is 5.41 Å². The molecule has 13 nitrogen and oxygen atoms in total. The van der Waals surface area contributed by atoms with Gasteiger partial charge in [-0.25, -0.2) is 10.5 Å². The molecule has 0 unspecified atom stereocenters. The molecule has 262 valence electrons. The SMILES string of the molecule is C=C(Oc1cc(NC)cc(C(C)(C)C)c1)/C(N)=C(\C)N(N)c1cc(OC)ccc1OC.COc1ccc(OC)c(-n2nnc(C=O)c2C)c1. The summed E-state index contributed by atoms with van der Waals surface area (Å²) in [6.07, 6.45) is 0.672. The molecule has 0 aliphatic heterocycles. The van der Waals surface area contributed by atoms with Crippen LogP contribution in [0.2, 0.25) is 0 Å². The van der Waals surface area contributed by atoms with E-state index in [0.29, 0.717) is 74.9 Å². The summed E-state index contributed by atoms with van der Waals surface area (Å²) in [5.41, 5.74) is 11.5. The third-order valence-corrected chi connectivity index (χ3v) is 7.66. The molecule has 5 N–H and O–H groups in total. The molecule has 0 bridgehead atoms. The maximum atomic E-state index is 10.8. The van der Waals surface area contributed by atoms with Crippen molar-refractivity contribution in [3.8, 4) is 34.4 Å². The lowest BCUT2D eigenvalue weighted by atomic mass is 9.86. The number of nitrogens with two attached hydrogens (primary N) is 2. The van der Waals surface area contributed by atoms with Crippen molar-refractivity contribution in [1.82, 2.24) is 15.0 Å². The molecule has 0 amide bonds. The second kappa shape index (κ2) is 16.4. The van der Waals surface area contributed by atoms with Crippen molar-refractivity contribution >= 4 is 17.7 Å². The van der Waals surface area contributed by atoms with Crippen LogP contribution in [0.5, 0.6) is 28.7 Å². The van der Waals surface area contributed by atoms with E-state index in [1.54, 1.807) is 83.4 Å². The first kappa shape index (κ1) is 37.8. The van der Waals surface area contributed by atoms with Gasteiger partial charge in [0.25, 0.3) is 0 Å². The van der Waals surface area contributed by atoms with Crippen LogP contribution in [-0.4, -0.2) is 56.8 Å². The van der Waals surface area contributed by atoms with E-state index in [9.17, 15) is 4.79 Å². The van der Waals surface area contributed by atoms with Gasteiger partial charge < -0.3 is 34.7 Å². The second-order valence-electron chi connectivity index (χ2n) is 11.8. The Hall–Kier alpha value is -5.69. The average Bonchev–Trinajstić information content (AvgIpc) is 3.49. The largest absolute Gasteiger partial charge is 0.497 e. The number of aldehydes is 1. The molecule has 1 aromatic heterocycles. The number of ether oxygens (including phenoxy) is 5. The summed E-state index contributed by atoms with van der Waals surface area (Å²) in [7, 11) is 8.18. The number of carbonyl (C=O) groups excluding carboxylic acids is 1. The smallest absolute Gasteiger partial charge is 0.172 e. The quantitative estimate of drug-likeness (QED) is 0.0537. The highest BCUT2D eigenvalue weighted by atomic mass is 16.5. The third-order valence-electron chi connectivity index (χ3n) is 7.66. The van der Waals surface area contributed by atoms with Crippen molar-refractivity contribution in [2.75, 3.05) is 45.8 Å². The Morgan fingerprint density at radius 2 is 1.53 bits per heavy atom. The van der Waals surface area contributed by atoms with Crippen molar-refractivity contribution in [3.63, 3.8) is 0 Å². The van der Waals surface area contributed by atoms with Crippen LogP contribution >= 0.6 is 0 Å². The molecule has 0 aliphatic carbocycles. The molecule has 0 fully saturated rings. The molecule has 0 aliphatic rings. The summed E-state index contributed by atoms with van der Waals surface area (Å²) < 4.78 is 28.7. The van der Waals surface area contributed by atoms with Gasteiger partial charge in [0.1, 0.15) is 51.6 Å². The minimum Gasteiger partial charge on any atom is -0.497 e. The normalized spacial score (nSPS) is 11.3. The second-order valence-corrected chi connectivity index (χ2v) is 11.8. The molecule has 1 heterocycles. The Bertz CT molecular complexity index is 1810. The van der Waals surface area contributed by atoms with E-state index < -0.39 is 0 Å². The number of hydrogen-bond donors (Lipinski definition) is 3. The van der Waals surface area contributed by atoms with Crippen molar-refractivity contribution in [2.24, 2.45) is 11.6 Å². The fraction of sp³-hybridized carbons (Fsp3) is 0.306. The molecule has 49 heavy (non-hydrogen) atoms. The highest BCUT2D eigenvalue weighted by Gasteiger charge is 2.19. The Labute approximate surface area is 288 Å². The van der Waals surface area contributed by atoms with E-state index in [4.69, 9.17) is 35.3 Å². The molecule has 0 saturated heterocycles. The van der Waals surface area contributed by atoms with E-state index >= 15 is 0 Å². The highest BCUT2D eigenvalue weighted by Crippen LogP contribution is 2.34. The van der Waals surface area contributed by atoms with Crippen molar-refractivity contribution in [3.05, 3.63) is 95.3 Å². The zero-order valence-electron chi connectivity index (χ0n) is 29.9. The predicted octanol–water partition coefficient (Wildman–Crippen LogP) is 5.91. The Kier molecular flexibility index (Phi) is 12.7. The van der Waals surface area contributed by atoms with Crippen LogP contribution in [0.15, 0.2) is 78.3 Å². The minimum absolute atomic E-state index is 0.0411. The van der Waals surface area contributed by atoms with E-state index in [2.05, 4.69) is 49.0 Å². The van der Waals surface area contributed by atoms with Gasteiger partial charge in [0.15, 0.2) is 6.29 Å². The number of hydrogen-bond acceptors (Lipinski definition) is 12. The Morgan fingerprint density at radius 1 is 0.918 bits per heavy atom. The summed E-state index contributed by atoms with van der Waals surface area (Å²) in [6, 6.07) is 16.7. The number of carbonyl (C=O) groups is 1. The monoisotopic (exact) mass is 673 g/mol. The van der Waals surface area contributed by atoms with E-state index in [1.165, 1.54) is 5.01 Å². The molecular weight excluding hydrogens is 626 g/mol. The predicted molar refractivity (Wildman–Crippen MR) is 192 cm³/mol. The fourth-order valence-corrected chi connectivity index (χ4v) is 4.57. The van der Waals surface area contributed by atoms with Gasteiger partial charge >= 0.3 is 0 Å². The summed E-state index contributed by atoms with van der Waals surface area (Å²) in [4.78, 5) is 10.8. The summed E-state index contributed by atoms with van der Waals surface area (Å²) in [5, 5.41) is 12.3. The molecule has 0 radical (unpaired) electrons. The van der Waals surface area contributed by atoms with E-state index in [-0.39, 0.29) is 5.41 Å². The van der Waals surface area contributed by atoms with Gasteiger partial charge in [0.05, 0.1) is 45.5 Å². The fourth-order valence-electron chi connectivity index (χ4n) is 4.57. The van der Waals surface area contributed by atoms with E-state index in [1.807, 2.05) is 19.2 Å². The summed E-state index contributed by atoms with van der Waals surface area (Å²) in [5.74, 6) is 9.81. The highest BCUT2D eigenvalue weighted by molar-refractivity contribution is 5.73. The van der Waals surface area contributed by atoms with Crippen LogP contribution < -0.4 is 45.6 Å². The molecule has 13 heteroatoms. The first-order valence-electron chi connectivity index (χ1n) is 15.3. The number of allylic oxidation sites excluding steroid dienone is 1. The van der Waals surface area contributed by atoms with Gasteiger partial charge in [-0.05, 0) is 61.2 Å². The molecule has 0 saturated carbocycles. The topological polar surface area (TPSA) is 161 Å². The van der Waals surface area contributed by atoms with Gasteiger partial charge in [-0.1, -0.05) is 32.6 Å². The summed E-state index contributed by atoms with van der Waals surface area (Å²) in [6.45, 7) is 14.0. The maximum Gasteiger partial charge on any atom is 0.172 e. The minimum atomic E-state index is -0.0411. The standard InChI is InChI=1S/C24H34N4O3.C12H13N3O3/c1-15(28(26)21-14-19(29-7)9-10-22(21)30-8)23(25)16(2)31-20-12-17(24(3,4)5)11-18(13-20)27-6;1-8-10(7-16)13-14-15(8)11-6-9(17-2)4-5-12(11)18-3/h9-14,27H,2,25-26H2,1,3-8H3;4-7H,1-3H3/b23-15-;. The lowest BCUT2D eigenvalue weighted by Crippen LogP contribution is -2.32. The van der Waals surface area contributed by atoms with Crippen LogP contribution in [0.25, 0.3) is 5.69 Å².